The highest BCUT2D eigenvalue weighted by atomic mass is 16.5. The highest BCUT2D eigenvalue weighted by molar-refractivity contribution is 5.95. The number of aliphatic hydroxyl groups excluding tert-OH is 1. The van der Waals surface area contributed by atoms with Gasteiger partial charge in [-0.25, -0.2) is 0 Å². The average molecular weight is 720 g/mol. The Bertz CT molecular complexity index is 1760. The van der Waals surface area contributed by atoms with Crippen molar-refractivity contribution in [3.63, 3.8) is 0 Å². The lowest BCUT2D eigenvalue weighted by atomic mass is 9.93. The van der Waals surface area contributed by atoms with Crippen molar-refractivity contribution in [3.8, 4) is 11.5 Å². The largest absolute Gasteiger partial charge is 0.497 e. The van der Waals surface area contributed by atoms with Gasteiger partial charge in [0.05, 0.1) is 19.3 Å². The fourth-order valence-electron chi connectivity index (χ4n) is 6.23. The number of hydrogen-bond acceptors (Lipinski definition) is 6. The second-order valence-corrected chi connectivity index (χ2v) is 13.9. The SMILES string of the molecule is COc1ccc(/C=C\C(=O)NC(CC(C)C)C(=O)N[C@H](Cc2ccccc2)C(O)C[C@@H](Cc2ccccc2)NC(=O)COc2c(C)cccc2C)cc1. The van der Waals surface area contributed by atoms with E-state index in [2.05, 4.69) is 16.0 Å². The number of benzene rings is 4. The van der Waals surface area contributed by atoms with E-state index in [1.54, 1.807) is 25.3 Å². The Labute approximate surface area is 313 Å². The van der Waals surface area contributed by atoms with Crippen LogP contribution in [0.4, 0.5) is 0 Å². The number of aryl methyl sites for hydroxylation is 2. The zero-order valence-electron chi connectivity index (χ0n) is 31.4. The summed E-state index contributed by atoms with van der Waals surface area (Å²) in [5, 5.41) is 20.9. The number of amides is 3. The van der Waals surface area contributed by atoms with Crippen molar-refractivity contribution in [2.75, 3.05) is 13.7 Å². The first-order valence-electron chi connectivity index (χ1n) is 18.2. The smallest absolute Gasteiger partial charge is 0.258 e. The predicted octanol–water partition coefficient (Wildman–Crippen LogP) is 6.14. The highest BCUT2D eigenvalue weighted by Crippen LogP contribution is 2.22. The van der Waals surface area contributed by atoms with Crippen LogP contribution in [0.2, 0.25) is 0 Å². The van der Waals surface area contributed by atoms with Gasteiger partial charge in [0.25, 0.3) is 5.91 Å². The molecule has 0 radical (unpaired) electrons. The van der Waals surface area contributed by atoms with Crippen LogP contribution in [0.5, 0.6) is 11.5 Å². The Balaban J connectivity index is 1.50. The normalized spacial score (nSPS) is 13.5. The number of ether oxygens (including phenoxy) is 2. The molecule has 4 aromatic carbocycles. The molecular weight excluding hydrogens is 666 g/mol. The van der Waals surface area contributed by atoms with E-state index in [0.29, 0.717) is 30.8 Å². The molecule has 0 fully saturated rings. The Morgan fingerprint density at radius 3 is 1.92 bits per heavy atom. The quantitative estimate of drug-likeness (QED) is 0.0864. The molecule has 280 valence electrons. The molecule has 0 aromatic heterocycles. The maximum absolute atomic E-state index is 13.9. The lowest BCUT2D eigenvalue weighted by Crippen LogP contribution is -2.54. The number of carbonyl (C=O) groups excluding carboxylic acids is 3. The molecule has 9 nitrogen and oxygen atoms in total. The molecule has 0 aliphatic heterocycles. The lowest BCUT2D eigenvalue weighted by molar-refractivity contribution is -0.128. The Hall–Kier alpha value is -5.41. The standard InChI is InChI=1S/C44H53N3O6/c1-30(2)25-39(46-41(49)24-21-33-19-22-37(52-5)23-20-33)44(51)47-38(27-35-17-10-7-11-18-35)40(48)28-36(26-34-15-8-6-9-16-34)45-42(50)29-53-43-31(3)13-12-14-32(43)4/h6-24,30,36,38-40,48H,25-29H2,1-5H3,(H,45,50)(H,46,49)(H,47,51)/b24-21-/t36-,38-,39?,40?/m1/s1. The van der Waals surface area contributed by atoms with Crippen molar-refractivity contribution in [1.82, 2.24) is 16.0 Å². The van der Waals surface area contributed by atoms with Gasteiger partial charge in [0.2, 0.25) is 11.8 Å². The van der Waals surface area contributed by atoms with Gasteiger partial charge in [-0.1, -0.05) is 105 Å². The Morgan fingerprint density at radius 1 is 0.736 bits per heavy atom. The van der Waals surface area contributed by atoms with Gasteiger partial charge >= 0.3 is 0 Å². The van der Waals surface area contributed by atoms with Gasteiger partial charge in [-0.05, 0) is 91.5 Å². The van der Waals surface area contributed by atoms with Crippen molar-refractivity contribution in [2.45, 2.75) is 77.6 Å². The van der Waals surface area contributed by atoms with Crippen molar-refractivity contribution < 1.29 is 29.0 Å². The highest BCUT2D eigenvalue weighted by Gasteiger charge is 2.30. The number of para-hydroxylation sites is 1. The molecule has 0 saturated heterocycles. The van der Waals surface area contributed by atoms with Crippen molar-refractivity contribution in [2.24, 2.45) is 5.92 Å². The van der Waals surface area contributed by atoms with Crippen LogP contribution in [-0.2, 0) is 27.2 Å². The lowest BCUT2D eigenvalue weighted by Gasteiger charge is -2.30. The zero-order chi connectivity index (χ0) is 38.2. The third-order valence-electron chi connectivity index (χ3n) is 8.95. The molecule has 4 N–H and O–H groups in total. The molecule has 0 saturated carbocycles. The van der Waals surface area contributed by atoms with E-state index in [1.807, 2.05) is 119 Å². The van der Waals surface area contributed by atoms with Crippen molar-refractivity contribution in [3.05, 3.63) is 137 Å². The zero-order valence-corrected chi connectivity index (χ0v) is 31.4. The second kappa shape index (κ2) is 20.6. The maximum Gasteiger partial charge on any atom is 0.258 e. The van der Waals surface area contributed by atoms with E-state index in [1.165, 1.54) is 6.08 Å². The van der Waals surface area contributed by atoms with Crippen molar-refractivity contribution >= 4 is 23.8 Å². The molecule has 0 bridgehead atoms. The fraction of sp³-hybridized carbons (Fsp3) is 0.341. The minimum absolute atomic E-state index is 0.102. The monoisotopic (exact) mass is 719 g/mol. The topological polar surface area (TPSA) is 126 Å². The number of nitrogens with one attached hydrogen (secondary N) is 3. The third-order valence-corrected chi connectivity index (χ3v) is 8.95. The summed E-state index contributed by atoms with van der Waals surface area (Å²) in [6, 6.07) is 30.4. The number of hydrogen-bond donors (Lipinski definition) is 4. The van der Waals surface area contributed by atoms with Gasteiger partial charge in [0.1, 0.15) is 17.5 Å². The number of aliphatic hydroxyl groups is 1. The first-order chi connectivity index (χ1) is 25.5. The van der Waals surface area contributed by atoms with Crippen LogP contribution in [-0.4, -0.2) is 60.8 Å². The van der Waals surface area contributed by atoms with Gasteiger partial charge in [0.15, 0.2) is 6.61 Å². The van der Waals surface area contributed by atoms with E-state index >= 15 is 0 Å². The molecule has 4 rings (SSSR count). The number of methoxy groups -OCH3 is 1. The van der Waals surface area contributed by atoms with Crippen LogP contribution in [0.3, 0.4) is 0 Å². The molecule has 3 amide bonds. The summed E-state index contributed by atoms with van der Waals surface area (Å²) in [6.45, 7) is 7.66. The maximum atomic E-state index is 13.9. The van der Waals surface area contributed by atoms with E-state index in [4.69, 9.17) is 9.47 Å². The first kappa shape index (κ1) is 40.4. The van der Waals surface area contributed by atoms with Gasteiger partial charge in [-0.2, -0.15) is 0 Å². The molecule has 0 spiro atoms. The summed E-state index contributed by atoms with van der Waals surface area (Å²) < 4.78 is 11.1. The van der Waals surface area contributed by atoms with Crippen LogP contribution in [0, 0.1) is 19.8 Å². The molecule has 2 unspecified atom stereocenters. The summed E-state index contributed by atoms with van der Waals surface area (Å²) in [6.07, 6.45) is 3.40. The Kier molecular flexibility index (Phi) is 15.7. The van der Waals surface area contributed by atoms with Crippen LogP contribution >= 0.6 is 0 Å². The van der Waals surface area contributed by atoms with Crippen LogP contribution in [0.1, 0.15) is 54.5 Å². The molecule has 4 aromatic rings. The fourth-order valence-corrected chi connectivity index (χ4v) is 6.23. The second-order valence-electron chi connectivity index (χ2n) is 13.9. The molecule has 53 heavy (non-hydrogen) atoms. The van der Waals surface area contributed by atoms with E-state index in [9.17, 15) is 19.5 Å². The van der Waals surface area contributed by atoms with E-state index in [0.717, 1.165) is 27.8 Å². The number of carbonyl (C=O) groups is 3. The van der Waals surface area contributed by atoms with Gasteiger partial charge in [-0.15, -0.1) is 0 Å². The minimum Gasteiger partial charge on any atom is -0.497 e. The van der Waals surface area contributed by atoms with Crippen molar-refractivity contribution in [1.29, 1.82) is 0 Å². The van der Waals surface area contributed by atoms with Crippen LogP contribution < -0.4 is 25.4 Å². The summed E-state index contributed by atoms with van der Waals surface area (Å²) in [4.78, 5) is 40.3. The van der Waals surface area contributed by atoms with Crippen LogP contribution in [0.25, 0.3) is 6.08 Å². The van der Waals surface area contributed by atoms with Gasteiger partial charge in [-0.3, -0.25) is 14.4 Å². The van der Waals surface area contributed by atoms with E-state index < -0.39 is 36.0 Å². The molecule has 0 aliphatic rings. The van der Waals surface area contributed by atoms with Crippen LogP contribution in [0.15, 0.2) is 109 Å². The summed E-state index contributed by atoms with van der Waals surface area (Å²) in [5.41, 5.74) is 4.61. The predicted molar refractivity (Wildman–Crippen MR) is 210 cm³/mol. The van der Waals surface area contributed by atoms with Gasteiger partial charge < -0.3 is 30.5 Å². The first-order valence-corrected chi connectivity index (χ1v) is 18.2. The molecular formula is C44H53N3O6. The molecule has 0 heterocycles. The molecule has 9 heteroatoms. The number of rotatable bonds is 19. The Morgan fingerprint density at radius 2 is 1.34 bits per heavy atom. The summed E-state index contributed by atoms with van der Waals surface area (Å²) in [5.74, 6) is 0.374. The van der Waals surface area contributed by atoms with Gasteiger partial charge in [0, 0.05) is 12.1 Å². The third kappa shape index (κ3) is 13.6. The minimum atomic E-state index is -1.04. The molecule has 4 atom stereocenters. The average Bonchev–Trinajstić information content (AvgIpc) is 3.14. The summed E-state index contributed by atoms with van der Waals surface area (Å²) >= 11 is 0. The molecule has 0 aliphatic carbocycles. The van der Waals surface area contributed by atoms with E-state index in [-0.39, 0.29) is 24.9 Å². The summed E-state index contributed by atoms with van der Waals surface area (Å²) in [7, 11) is 1.59.